The van der Waals surface area contributed by atoms with Gasteiger partial charge in [-0.05, 0) is 48.7 Å². The van der Waals surface area contributed by atoms with Gasteiger partial charge >= 0.3 is 0 Å². The monoisotopic (exact) mass is 342 g/mol. The zero-order chi connectivity index (χ0) is 16.2. The minimum atomic E-state index is 0.515. The van der Waals surface area contributed by atoms with Crippen LogP contribution >= 0.6 is 23.1 Å². The summed E-state index contributed by atoms with van der Waals surface area (Å²) in [7, 11) is 4.08. The fourth-order valence-corrected chi connectivity index (χ4v) is 3.46. The Kier molecular flexibility index (Phi) is 4.93. The van der Waals surface area contributed by atoms with Crippen molar-refractivity contribution in [3.05, 3.63) is 47.5 Å². The quantitative estimate of drug-likeness (QED) is 0.462. The van der Waals surface area contributed by atoms with Gasteiger partial charge in [-0.1, -0.05) is 0 Å². The number of azo groups is 1. The van der Waals surface area contributed by atoms with Gasteiger partial charge in [-0.15, -0.1) is 23.1 Å². The van der Waals surface area contributed by atoms with E-state index in [1.807, 2.05) is 26.2 Å². The first kappa shape index (κ1) is 16.0. The molecule has 0 aliphatic heterocycles. The smallest absolute Gasteiger partial charge is 0.117 e. The summed E-state index contributed by atoms with van der Waals surface area (Å²) in [4.78, 5) is 7.94. The lowest BCUT2D eigenvalue weighted by Crippen LogP contribution is -2.07. The lowest BCUT2D eigenvalue weighted by Gasteiger charge is -2.11. The van der Waals surface area contributed by atoms with Gasteiger partial charge in [-0.25, -0.2) is 4.98 Å². The van der Waals surface area contributed by atoms with Gasteiger partial charge in [0.2, 0.25) is 0 Å². The van der Waals surface area contributed by atoms with Crippen molar-refractivity contribution in [1.82, 2.24) is 4.98 Å². The summed E-state index contributed by atoms with van der Waals surface area (Å²) in [6, 6.07) is 14.4. The van der Waals surface area contributed by atoms with E-state index in [9.17, 15) is 0 Å². The molecule has 0 bridgehead atoms. The van der Waals surface area contributed by atoms with Gasteiger partial charge in [-0.3, -0.25) is 0 Å². The Morgan fingerprint density at radius 2 is 1.91 bits per heavy atom. The number of aromatic nitrogens is 1. The number of rotatable bonds is 5. The molecule has 0 N–H and O–H groups in total. The van der Waals surface area contributed by atoms with E-state index < -0.39 is 0 Å². The molecule has 0 atom stereocenters. The second-order valence-corrected chi connectivity index (χ2v) is 7.25. The predicted molar refractivity (Wildman–Crippen MR) is 100 cm³/mol. The van der Waals surface area contributed by atoms with E-state index in [0.717, 1.165) is 16.2 Å². The molecule has 0 radical (unpaired) electrons. The molecule has 0 fully saturated rings. The van der Waals surface area contributed by atoms with Crippen LogP contribution in [0.3, 0.4) is 0 Å². The van der Waals surface area contributed by atoms with Crippen molar-refractivity contribution in [2.75, 3.05) is 25.3 Å². The molecular formula is C17H18N4S2. The fraction of sp³-hybridized carbons (Fsp3) is 0.235. The van der Waals surface area contributed by atoms with Gasteiger partial charge < -0.3 is 4.90 Å². The average Bonchev–Trinajstić information content (AvgIpc) is 2.97. The van der Waals surface area contributed by atoms with Crippen LogP contribution in [0.15, 0.2) is 57.6 Å². The van der Waals surface area contributed by atoms with Crippen LogP contribution < -0.4 is 4.90 Å². The first-order valence-electron chi connectivity index (χ1n) is 7.24. The Morgan fingerprint density at radius 3 is 2.61 bits per heavy atom. The summed E-state index contributed by atoms with van der Waals surface area (Å²) >= 11 is 3.39. The van der Waals surface area contributed by atoms with Crippen LogP contribution in [0.25, 0.3) is 10.2 Å². The molecule has 6 heteroatoms. The SMILES string of the molecule is CSc1ccc(N=NCc2nc3ccc(N(C)C)cc3s2)cc1. The molecule has 0 unspecified atom stereocenters. The highest BCUT2D eigenvalue weighted by atomic mass is 32.2. The van der Waals surface area contributed by atoms with E-state index in [-0.39, 0.29) is 0 Å². The number of anilines is 1. The van der Waals surface area contributed by atoms with Gasteiger partial charge in [-0.2, -0.15) is 10.2 Å². The first-order chi connectivity index (χ1) is 11.2. The molecule has 0 aliphatic carbocycles. The Bertz CT molecular complexity index is 822. The molecule has 2 aromatic carbocycles. The van der Waals surface area contributed by atoms with E-state index in [2.05, 4.69) is 56.7 Å². The Balaban J connectivity index is 1.72. The van der Waals surface area contributed by atoms with Gasteiger partial charge in [0.15, 0.2) is 0 Å². The Labute approximate surface area is 144 Å². The maximum Gasteiger partial charge on any atom is 0.117 e. The standard InChI is InChI=1S/C17H18N4S2/c1-21(2)13-6-9-15-16(10-13)23-17(19-15)11-18-20-12-4-7-14(22-3)8-5-12/h4-10H,11H2,1-3H3. The first-order valence-corrected chi connectivity index (χ1v) is 9.28. The molecule has 0 amide bonds. The van der Waals surface area contributed by atoms with Crippen LogP contribution in [0.4, 0.5) is 11.4 Å². The van der Waals surface area contributed by atoms with E-state index >= 15 is 0 Å². The van der Waals surface area contributed by atoms with Gasteiger partial charge in [0.1, 0.15) is 11.6 Å². The second-order valence-electron chi connectivity index (χ2n) is 5.25. The van der Waals surface area contributed by atoms with Crippen molar-refractivity contribution in [3.8, 4) is 0 Å². The van der Waals surface area contributed by atoms with Crippen LogP contribution in [0.5, 0.6) is 0 Å². The van der Waals surface area contributed by atoms with Crippen LogP contribution in [-0.2, 0) is 6.54 Å². The summed E-state index contributed by atoms with van der Waals surface area (Å²) in [5.74, 6) is 0. The van der Waals surface area contributed by atoms with Crippen molar-refractivity contribution in [2.45, 2.75) is 11.4 Å². The maximum atomic E-state index is 4.61. The summed E-state index contributed by atoms with van der Waals surface area (Å²) in [5, 5.41) is 9.53. The van der Waals surface area contributed by atoms with Gasteiger partial charge in [0.25, 0.3) is 0 Å². The third-order valence-electron chi connectivity index (χ3n) is 3.40. The number of nitrogens with zero attached hydrogens (tertiary/aromatic N) is 4. The molecule has 1 heterocycles. The molecule has 3 rings (SSSR count). The highest BCUT2D eigenvalue weighted by Gasteiger charge is 2.05. The zero-order valence-corrected chi connectivity index (χ0v) is 15.0. The van der Waals surface area contributed by atoms with Crippen LogP contribution in [0.1, 0.15) is 5.01 Å². The molecule has 118 valence electrons. The summed E-state index contributed by atoms with van der Waals surface area (Å²) in [6.07, 6.45) is 2.06. The molecule has 0 saturated carbocycles. The number of benzene rings is 2. The molecule has 3 aromatic rings. The summed E-state index contributed by atoms with van der Waals surface area (Å²) < 4.78 is 1.19. The van der Waals surface area contributed by atoms with Crippen LogP contribution in [0.2, 0.25) is 0 Å². The molecule has 1 aromatic heterocycles. The Morgan fingerprint density at radius 1 is 1.13 bits per heavy atom. The number of thiazole rings is 1. The third-order valence-corrected chi connectivity index (χ3v) is 5.14. The van der Waals surface area contributed by atoms with Crippen LogP contribution in [-0.4, -0.2) is 25.3 Å². The number of fused-ring (bicyclic) bond motifs is 1. The molecular weight excluding hydrogens is 324 g/mol. The number of thioether (sulfide) groups is 1. The fourth-order valence-electron chi connectivity index (χ4n) is 2.13. The lowest BCUT2D eigenvalue weighted by atomic mass is 10.3. The highest BCUT2D eigenvalue weighted by Crippen LogP contribution is 2.27. The van der Waals surface area contributed by atoms with Crippen molar-refractivity contribution in [3.63, 3.8) is 0 Å². The molecule has 0 aliphatic rings. The second kappa shape index (κ2) is 7.10. The van der Waals surface area contributed by atoms with E-state index in [1.165, 1.54) is 15.3 Å². The van der Waals surface area contributed by atoms with E-state index in [1.54, 1.807) is 23.1 Å². The molecule has 0 saturated heterocycles. The molecule has 23 heavy (non-hydrogen) atoms. The van der Waals surface area contributed by atoms with Crippen molar-refractivity contribution < 1.29 is 0 Å². The third kappa shape index (κ3) is 3.89. The van der Waals surface area contributed by atoms with Crippen molar-refractivity contribution in [1.29, 1.82) is 0 Å². The van der Waals surface area contributed by atoms with Crippen molar-refractivity contribution in [2.24, 2.45) is 10.2 Å². The minimum Gasteiger partial charge on any atom is -0.378 e. The maximum absolute atomic E-state index is 4.61. The van der Waals surface area contributed by atoms with Gasteiger partial charge in [0, 0.05) is 24.7 Å². The zero-order valence-electron chi connectivity index (χ0n) is 13.4. The summed E-state index contributed by atoms with van der Waals surface area (Å²) in [5.41, 5.74) is 3.08. The Hall–Kier alpha value is -1.92. The predicted octanol–water partition coefficient (Wildman–Crippen LogP) is 5.37. The normalized spacial score (nSPS) is 11.4. The highest BCUT2D eigenvalue weighted by molar-refractivity contribution is 7.98. The van der Waals surface area contributed by atoms with Gasteiger partial charge in [0.05, 0.1) is 15.9 Å². The average molecular weight is 342 g/mol. The van der Waals surface area contributed by atoms with E-state index in [0.29, 0.717) is 6.54 Å². The molecule has 4 nitrogen and oxygen atoms in total. The van der Waals surface area contributed by atoms with Crippen molar-refractivity contribution >= 4 is 44.7 Å². The molecule has 0 spiro atoms. The van der Waals surface area contributed by atoms with Crippen LogP contribution in [0, 0.1) is 0 Å². The largest absolute Gasteiger partial charge is 0.378 e. The lowest BCUT2D eigenvalue weighted by molar-refractivity contribution is 0.948. The number of hydrogen-bond donors (Lipinski definition) is 0. The number of hydrogen-bond acceptors (Lipinski definition) is 6. The summed E-state index contributed by atoms with van der Waals surface area (Å²) in [6.45, 7) is 0.515. The van der Waals surface area contributed by atoms with E-state index in [4.69, 9.17) is 0 Å². The minimum absolute atomic E-state index is 0.515. The topological polar surface area (TPSA) is 40.9 Å².